The molecule has 4 rings (SSSR count). The van der Waals surface area contributed by atoms with Gasteiger partial charge in [0.15, 0.2) is 0 Å². The van der Waals surface area contributed by atoms with Gasteiger partial charge >= 0.3 is 0 Å². The van der Waals surface area contributed by atoms with Crippen LogP contribution in [-0.4, -0.2) is 48.8 Å². The number of aliphatic hydroxyl groups is 1. The number of halogens is 1. The van der Waals surface area contributed by atoms with E-state index in [1.165, 1.54) is 15.6 Å². The lowest BCUT2D eigenvalue weighted by Crippen LogP contribution is -2.45. The molecule has 1 unspecified atom stereocenters. The van der Waals surface area contributed by atoms with Crippen LogP contribution in [-0.2, 0) is 0 Å². The Kier molecular flexibility index (Phi) is 5.63. The molecule has 0 radical (unpaired) electrons. The number of fused-ring (bicyclic) bond motifs is 1. The highest BCUT2D eigenvalue weighted by Gasteiger charge is 2.31. The van der Waals surface area contributed by atoms with Crippen LogP contribution in [0.2, 0.25) is 5.02 Å². The summed E-state index contributed by atoms with van der Waals surface area (Å²) in [6, 6.07) is 6.29. The first-order valence-corrected chi connectivity index (χ1v) is 10.7. The van der Waals surface area contributed by atoms with Crippen LogP contribution in [0.3, 0.4) is 0 Å². The normalized spacial score (nSPS) is 26.8. The van der Waals surface area contributed by atoms with Gasteiger partial charge in [-0.1, -0.05) is 11.6 Å². The minimum atomic E-state index is -0.0928. The number of hydrogen-bond donors (Lipinski definition) is 2. The summed E-state index contributed by atoms with van der Waals surface area (Å²) in [6.45, 7) is 5.57. The number of piperazine rings is 1. The molecule has 3 nitrogen and oxygen atoms in total. The van der Waals surface area contributed by atoms with E-state index in [2.05, 4.69) is 27.7 Å². The van der Waals surface area contributed by atoms with Gasteiger partial charge < -0.3 is 15.3 Å². The SMILES string of the molecule is OC1CCC(C(CN2CCNCC2)c2csc3ccc(Cl)cc23)CC1. The van der Waals surface area contributed by atoms with Crippen molar-refractivity contribution in [3.05, 3.63) is 34.2 Å². The summed E-state index contributed by atoms with van der Waals surface area (Å²) in [7, 11) is 0. The average molecular weight is 379 g/mol. The van der Waals surface area contributed by atoms with E-state index >= 15 is 0 Å². The third-order valence-corrected chi connectivity index (χ3v) is 7.16. The van der Waals surface area contributed by atoms with Crippen molar-refractivity contribution in [3.8, 4) is 0 Å². The fourth-order valence-corrected chi connectivity index (χ4v) is 5.66. The zero-order chi connectivity index (χ0) is 17.2. The molecule has 2 aromatic rings. The molecular formula is C20H27ClN2OS. The third-order valence-electron chi connectivity index (χ3n) is 5.94. The second-order valence-corrected chi connectivity index (χ2v) is 8.90. The van der Waals surface area contributed by atoms with Crippen LogP contribution in [0.25, 0.3) is 10.1 Å². The highest BCUT2D eigenvalue weighted by atomic mass is 35.5. The lowest BCUT2D eigenvalue weighted by atomic mass is 9.75. The molecule has 1 atom stereocenters. The van der Waals surface area contributed by atoms with Crippen LogP contribution in [0.4, 0.5) is 0 Å². The van der Waals surface area contributed by atoms with Crippen LogP contribution in [0.1, 0.15) is 37.2 Å². The fraction of sp³-hybridized carbons (Fsp3) is 0.600. The molecule has 1 saturated heterocycles. The summed E-state index contributed by atoms with van der Waals surface area (Å²) in [5.41, 5.74) is 1.47. The highest BCUT2D eigenvalue weighted by molar-refractivity contribution is 7.17. The minimum absolute atomic E-state index is 0.0928. The number of aliphatic hydroxyl groups excluding tert-OH is 1. The maximum atomic E-state index is 9.93. The topological polar surface area (TPSA) is 35.5 Å². The zero-order valence-electron chi connectivity index (χ0n) is 14.6. The predicted molar refractivity (Wildman–Crippen MR) is 107 cm³/mol. The van der Waals surface area contributed by atoms with E-state index in [9.17, 15) is 5.11 Å². The average Bonchev–Trinajstić information content (AvgIpc) is 3.04. The van der Waals surface area contributed by atoms with Gasteiger partial charge in [0, 0.05) is 48.4 Å². The standard InChI is InChI=1S/C20H27ClN2OS/c21-15-3-6-20-17(11-15)19(13-25-20)18(12-23-9-7-22-8-10-23)14-1-4-16(24)5-2-14/h3,6,11,13-14,16,18,22,24H,1-2,4-5,7-10,12H2. The molecule has 25 heavy (non-hydrogen) atoms. The van der Waals surface area contributed by atoms with Gasteiger partial charge in [0.05, 0.1) is 6.10 Å². The van der Waals surface area contributed by atoms with Crippen LogP contribution in [0.5, 0.6) is 0 Å². The lowest BCUT2D eigenvalue weighted by Gasteiger charge is -2.37. The van der Waals surface area contributed by atoms with Gasteiger partial charge in [0.25, 0.3) is 0 Å². The van der Waals surface area contributed by atoms with E-state index < -0.39 is 0 Å². The van der Waals surface area contributed by atoms with Gasteiger partial charge in [-0.15, -0.1) is 11.3 Å². The Hall–Kier alpha value is -0.650. The Morgan fingerprint density at radius 1 is 1.20 bits per heavy atom. The van der Waals surface area contributed by atoms with Crippen LogP contribution < -0.4 is 5.32 Å². The van der Waals surface area contributed by atoms with Crippen LogP contribution in [0.15, 0.2) is 23.6 Å². The molecule has 2 aliphatic rings. The molecule has 1 saturated carbocycles. The largest absolute Gasteiger partial charge is 0.393 e. The zero-order valence-corrected chi connectivity index (χ0v) is 16.2. The van der Waals surface area contributed by atoms with Crippen molar-refractivity contribution in [2.45, 2.75) is 37.7 Å². The number of nitrogens with zero attached hydrogens (tertiary/aromatic N) is 1. The second-order valence-electron chi connectivity index (χ2n) is 7.56. The number of thiophene rings is 1. The van der Waals surface area contributed by atoms with E-state index in [1.54, 1.807) is 0 Å². The first-order valence-electron chi connectivity index (χ1n) is 9.48. The van der Waals surface area contributed by atoms with Crippen molar-refractivity contribution >= 4 is 33.0 Å². The molecule has 2 heterocycles. The second kappa shape index (κ2) is 7.93. The first kappa shape index (κ1) is 17.7. The van der Waals surface area contributed by atoms with Gasteiger partial charge in [-0.2, -0.15) is 0 Å². The number of benzene rings is 1. The summed E-state index contributed by atoms with van der Waals surface area (Å²) in [4.78, 5) is 2.61. The molecule has 1 aliphatic heterocycles. The smallest absolute Gasteiger partial charge is 0.0540 e. The van der Waals surface area contributed by atoms with E-state index in [0.29, 0.717) is 11.8 Å². The fourth-order valence-electron chi connectivity index (χ4n) is 4.49. The van der Waals surface area contributed by atoms with E-state index in [-0.39, 0.29) is 6.10 Å². The van der Waals surface area contributed by atoms with Gasteiger partial charge in [-0.3, -0.25) is 0 Å². The number of hydrogen-bond acceptors (Lipinski definition) is 4. The molecule has 1 aromatic carbocycles. The molecule has 1 aromatic heterocycles. The van der Waals surface area contributed by atoms with Gasteiger partial charge in [0.2, 0.25) is 0 Å². The van der Waals surface area contributed by atoms with E-state index in [4.69, 9.17) is 11.6 Å². The summed E-state index contributed by atoms with van der Waals surface area (Å²) in [5.74, 6) is 1.20. The Morgan fingerprint density at radius 3 is 2.72 bits per heavy atom. The van der Waals surface area contributed by atoms with Gasteiger partial charge in [-0.25, -0.2) is 0 Å². The molecule has 1 aliphatic carbocycles. The lowest BCUT2D eigenvalue weighted by molar-refractivity contribution is 0.0935. The summed E-state index contributed by atoms with van der Waals surface area (Å²) >= 11 is 8.14. The predicted octanol–water partition coefficient (Wildman–Crippen LogP) is 4.09. The Morgan fingerprint density at radius 2 is 1.96 bits per heavy atom. The van der Waals surface area contributed by atoms with Crippen molar-refractivity contribution in [2.75, 3.05) is 32.7 Å². The minimum Gasteiger partial charge on any atom is -0.393 e. The number of nitrogens with one attached hydrogen (secondary N) is 1. The van der Waals surface area contributed by atoms with Crippen LogP contribution >= 0.6 is 22.9 Å². The molecule has 2 fully saturated rings. The van der Waals surface area contributed by atoms with Crippen molar-refractivity contribution in [1.29, 1.82) is 0 Å². The monoisotopic (exact) mass is 378 g/mol. The molecule has 2 N–H and O–H groups in total. The molecule has 0 amide bonds. The molecule has 0 spiro atoms. The number of rotatable bonds is 4. The van der Waals surface area contributed by atoms with Crippen molar-refractivity contribution in [2.24, 2.45) is 5.92 Å². The summed E-state index contributed by atoms with van der Waals surface area (Å²) in [5, 5.41) is 17.9. The molecular weight excluding hydrogens is 352 g/mol. The van der Waals surface area contributed by atoms with E-state index in [1.807, 2.05) is 17.4 Å². The quantitative estimate of drug-likeness (QED) is 0.840. The van der Waals surface area contributed by atoms with Gasteiger partial charge in [0.1, 0.15) is 0 Å². The maximum Gasteiger partial charge on any atom is 0.0540 e. The Balaban J connectivity index is 1.64. The van der Waals surface area contributed by atoms with Gasteiger partial charge in [-0.05, 0) is 66.1 Å². The first-order chi connectivity index (χ1) is 12.2. The van der Waals surface area contributed by atoms with E-state index in [0.717, 1.165) is 63.4 Å². The summed E-state index contributed by atoms with van der Waals surface area (Å²) < 4.78 is 1.33. The van der Waals surface area contributed by atoms with Crippen molar-refractivity contribution in [3.63, 3.8) is 0 Å². The van der Waals surface area contributed by atoms with Crippen LogP contribution in [0, 0.1) is 5.92 Å². The Bertz CT molecular complexity index is 705. The highest BCUT2D eigenvalue weighted by Crippen LogP contribution is 2.42. The molecule has 136 valence electrons. The van der Waals surface area contributed by atoms with Crippen molar-refractivity contribution < 1.29 is 5.11 Å². The van der Waals surface area contributed by atoms with Crippen molar-refractivity contribution in [1.82, 2.24) is 10.2 Å². The maximum absolute atomic E-state index is 9.93. The molecule has 5 heteroatoms. The summed E-state index contributed by atoms with van der Waals surface area (Å²) in [6.07, 6.45) is 4.08. The Labute approximate surface area is 159 Å². The molecule has 0 bridgehead atoms. The third kappa shape index (κ3) is 4.04.